The highest BCUT2D eigenvalue weighted by Gasteiger charge is 2.37. The Kier molecular flexibility index (Phi) is 4.55. The predicted octanol–water partition coefficient (Wildman–Crippen LogP) is 1.06. The summed E-state index contributed by atoms with van der Waals surface area (Å²) in [6.45, 7) is 6.78. The first-order chi connectivity index (χ1) is 8.85. The SMILES string of the molecule is CC1(C)CCN(S(=O)(=O)N2CCCC(CO)C2)CC1. The summed E-state index contributed by atoms with van der Waals surface area (Å²) in [6, 6.07) is 0. The van der Waals surface area contributed by atoms with Crippen LogP contribution in [-0.4, -0.2) is 54.9 Å². The van der Waals surface area contributed by atoms with Gasteiger partial charge in [0, 0.05) is 32.8 Å². The highest BCUT2D eigenvalue weighted by atomic mass is 32.2. The van der Waals surface area contributed by atoms with Gasteiger partial charge in [-0.3, -0.25) is 0 Å². The summed E-state index contributed by atoms with van der Waals surface area (Å²) in [5, 5.41) is 9.22. The summed E-state index contributed by atoms with van der Waals surface area (Å²) in [5.74, 6) is 0.102. The third kappa shape index (κ3) is 3.48. The van der Waals surface area contributed by atoms with E-state index < -0.39 is 10.2 Å². The average molecular weight is 290 g/mol. The molecule has 0 aliphatic carbocycles. The fourth-order valence-electron chi connectivity index (χ4n) is 2.87. The van der Waals surface area contributed by atoms with E-state index in [9.17, 15) is 13.5 Å². The first-order valence-corrected chi connectivity index (χ1v) is 8.61. The Hall–Kier alpha value is -0.170. The van der Waals surface area contributed by atoms with Gasteiger partial charge in [0.25, 0.3) is 10.2 Å². The Morgan fingerprint density at radius 2 is 1.79 bits per heavy atom. The topological polar surface area (TPSA) is 60.9 Å². The zero-order chi connectivity index (χ0) is 14.1. The Morgan fingerprint density at radius 3 is 2.37 bits per heavy atom. The van der Waals surface area contributed by atoms with E-state index in [-0.39, 0.29) is 17.9 Å². The molecule has 2 fully saturated rings. The van der Waals surface area contributed by atoms with Crippen molar-refractivity contribution in [1.82, 2.24) is 8.61 Å². The minimum atomic E-state index is -3.32. The molecule has 1 unspecified atom stereocenters. The van der Waals surface area contributed by atoms with Gasteiger partial charge in [-0.25, -0.2) is 0 Å². The van der Waals surface area contributed by atoms with Crippen LogP contribution >= 0.6 is 0 Å². The van der Waals surface area contributed by atoms with Gasteiger partial charge >= 0.3 is 0 Å². The van der Waals surface area contributed by atoms with E-state index >= 15 is 0 Å². The molecule has 2 rings (SSSR count). The van der Waals surface area contributed by atoms with E-state index in [4.69, 9.17) is 0 Å². The molecule has 1 N–H and O–H groups in total. The van der Waals surface area contributed by atoms with E-state index in [1.165, 1.54) is 0 Å². The summed E-state index contributed by atoms with van der Waals surface area (Å²) >= 11 is 0. The van der Waals surface area contributed by atoms with E-state index in [0.29, 0.717) is 26.2 Å². The number of hydrogen-bond acceptors (Lipinski definition) is 3. The van der Waals surface area contributed by atoms with Gasteiger partial charge in [0.2, 0.25) is 0 Å². The number of aliphatic hydroxyl groups excluding tert-OH is 1. The number of aliphatic hydroxyl groups is 1. The molecule has 6 heteroatoms. The third-order valence-electron chi connectivity index (χ3n) is 4.47. The standard InChI is InChI=1S/C13H26N2O3S/c1-13(2)5-8-14(9-6-13)19(17,18)15-7-3-4-12(10-15)11-16/h12,16H,3-11H2,1-2H3. The van der Waals surface area contributed by atoms with Crippen LogP contribution < -0.4 is 0 Å². The van der Waals surface area contributed by atoms with Gasteiger partial charge in [-0.05, 0) is 37.0 Å². The van der Waals surface area contributed by atoms with Crippen LogP contribution in [0.25, 0.3) is 0 Å². The molecule has 0 bridgehead atoms. The van der Waals surface area contributed by atoms with Gasteiger partial charge in [0.1, 0.15) is 0 Å². The summed E-state index contributed by atoms with van der Waals surface area (Å²) in [5.41, 5.74) is 0.252. The Bertz CT molecular complexity index is 398. The van der Waals surface area contributed by atoms with Crippen LogP contribution in [-0.2, 0) is 10.2 Å². The maximum atomic E-state index is 12.6. The molecule has 19 heavy (non-hydrogen) atoms. The second kappa shape index (κ2) is 5.68. The fourth-order valence-corrected chi connectivity index (χ4v) is 4.60. The molecule has 2 saturated heterocycles. The van der Waals surface area contributed by atoms with Crippen molar-refractivity contribution in [3.8, 4) is 0 Å². The number of rotatable bonds is 3. The molecule has 0 radical (unpaired) electrons. The van der Waals surface area contributed by atoms with Gasteiger partial charge in [0.15, 0.2) is 0 Å². The molecular formula is C13H26N2O3S. The molecule has 112 valence electrons. The molecule has 0 saturated carbocycles. The molecule has 0 amide bonds. The van der Waals surface area contributed by atoms with Crippen LogP contribution in [0.1, 0.15) is 39.5 Å². The van der Waals surface area contributed by atoms with Gasteiger partial charge in [-0.2, -0.15) is 17.0 Å². The van der Waals surface area contributed by atoms with E-state index in [0.717, 1.165) is 25.7 Å². The number of piperidine rings is 2. The van der Waals surface area contributed by atoms with E-state index in [2.05, 4.69) is 13.8 Å². The highest BCUT2D eigenvalue weighted by molar-refractivity contribution is 7.86. The molecule has 2 aliphatic rings. The molecule has 1 atom stereocenters. The van der Waals surface area contributed by atoms with Gasteiger partial charge in [-0.1, -0.05) is 13.8 Å². The minimum Gasteiger partial charge on any atom is -0.396 e. The fraction of sp³-hybridized carbons (Fsp3) is 1.00. The quantitative estimate of drug-likeness (QED) is 0.845. The maximum absolute atomic E-state index is 12.6. The van der Waals surface area contributed by atoms with Crippen molar-refractivity contribution in [2.75, 3.05) is 32.8 Å². The third-order valence-corrected chi connectivity index (χ3v) is 6.47. The predicted molar refractivity (Wildman–Crippen MR) is 74.9 cm³/mol. The zero-order valence-electron chi connectivity index (χ0n) is 12.0. The van der Waals surface area contributed by atoms with Crippen LogP contribution in [0.15, 0.2) is 0 Å². The van der Waals surface area contributed by atoms with Crippen molar-refractivity contribution in [2.45, 2.75) is 39.5 Å². The van der Waals surface area contributed by atoms with Crippen molar-refractivity contribution in [3.05, 3.63) is 0 Å². The largest absolute Gasteiger partial charge is 0.396 e. The molecular weight excluding hydrogens is 264 g/mol. The number of nitrogens with zero attached hydrogens (tertiary/aromatic N) is 2. The Morgan fingerprint density at radius 1 is 1.16 bits per heavy atom. The lowest BCUT2D eigenvalue weighted by atomic mass is 9.83. The van der Waals surface area contributed by atoms with Crippen LogP contribution in [0.5, 0.6) is 0 Å². The smallest absolute Gasteiger partial charge is 0.281 e. The van der Waals surface area contributed by atoms with Crippen molar-refractivity contribution in [1.29, 1.82) is 0 Å². The summed E-state index contributed by atoms with van der Waals surface area (Å²) in [6.07, 6.45) is 3.62. The van der Waals surface area contributed by atoms with Crippen molar-refractivity contribution in [2.24, 2.45) is 11.3 Å². The maximum Gasteiger partial charge on any atom is 0.281 e. The van der Waals surface area contributed by atoms with Gasteiger partial charge < -0.3 is 5.11 Å². The molecule has 0 spiro atoms. The highest BCUT2D eigenvalue weighted by Crippen LogP contribution is 2.32. The summed E-state index contributed by atoms with van der Waals surface area (Å²) in [7, 11) is -3.32. The van der Waals surface area contributed by atoms with Crippen molar-refractivity contribution >= 4 is 10.2 Å². The van der Waals surface area contributed by atoms with Gasteiger partial charge in [0.05, 0.1) is 0 Å². The molecule has 0 aromatic rings. The molecule has 0 aromatic heterocycles. The van der Waals surface area contributed by atoms with E-state index in [1.807, 2.05) is 0 Å². The monoisotopic (exact) mass is 290 g/mol. The molecule has 5 nitrogen and oxygen atoms in total. The molecule has 2 aliphatic heterocycles. The Balaban J connectivity index is 2.02. The summed E-state index contributed by atoms with van der Waals surface area (Å²) < 4.78 is 28.4. The van der Waals surface area contributed by atoms with Crippen LogP contribution in [0, 0.1) is 11.3 Å². The molecule has 2 heterocycles. The summed E-state index contributed by atoms with van der Waals surface area (Å²) in [4.78, 5) is 0. The lowest BCUT2D eigenvalue weighted by Crippen LogP contribution is -2.51. The zero-order valence-corrected chi connectivity index (χ0v) is 12.8. The number of hydrogen-bond donors (Lipinski definition) is 1. The lowest BCUT2D eigenvalue weighted by Gasteiger charge is -2.40. The first kappa shape index (κ1) is 15.2. The first-order valence-electron chi connectivity index (χ1n) is 7.21. The van der Waals surface area contributed by atoms with Crippen LogP contribution in [0.4, 0.5) is 0 Å². The lowest BCUT2D eigenvalue weighted by molar-refractivity contribution is 0.150. The second-order valence-electron chi connectivity index (χ2n) is 6.62. The van der Waals surface area contributed by atoms with E-state index in [1.54, 1.807) is 8.61 Å². The molecule has 0 aromatic carbocycles. The Labute approximate surface area is 116 Å². The van der Waals surface area contributed by atoms with Crippen molar-refractivity contribution < 1.29 is 13.5 Å². The van der Waals surface area contributed by atoms with Crippen LogP contribution in [0.3, 0.4) is 0 Å². The van der Waals surface area contributed by atoms with Gasteiger partial charge in [-0.15, -0.1) is 0 Å². The minimum absolute atomic E-state index is 0.0824. The second-order valence-corrected chi connectivity index (χ2v) is 8.55. The van der Waals surface area contributed by atoms with Crippen molar-refractivity contribution in [3.63, 3.8) is 0 Å². The normalized spacial score (nSPS) is 30.4. The average Bonchev–Trinajstić information content (AvgIpc) is 2.38. The van der Waals surface area contributed by atoms with Crippen LogP contribution in [0.2, 0.25) is 0 Å².